The van der Waals surface area contributed by atoms with Crippen molar-refractivity contribution in [2.24, 2.45) is 0 Å². The Morgan fingerprint density at radius 3 is 2.75 bits per heavy atom. The monoisotopic (exact) mass is 438 g/mol. The number of urea groups is 1. The number of hydrogen-bond acceptors (Lipinski definition) is 7. The van der Waals surface area contributed by atoms with Crippen molar-refractivity contribution in [2.75, 3.05) is 29.1 Å². The van der Waals surface area contributed by atoms with E-state index >= 15 is 0 Å². The van der Waals surface area contributed by atoms with Crippen molar-refractivity contribution in [3.05, 3.63) is 41.7 Å². The number of carbonyl (C=O) groups excluding carboxylic acids is 3. The van der Waals surface area contributed by atoms with E-state index in [2.05, 4.69) is 25.6 Å². The van der Waals surface area contributed by atoms with Crippen molar-refractivity contribution < 1.29 is 18.8 Å². The van der Waals surface area contributed by atoms with Gasteiger partial charge >= 0.3 is 6.03 Å². The second kappa shape index (κ2) is 7.55. The van der Waals surface area contributed by atoms with Gasteiger partial charge < -0.3 is 9.72 Å². The van der Waals surface area contributed by atoms with Gasteiger partial charge in [-0.25, -0.2) is 19.2 Å². The van der Waals surface area contributed by atoms with Gasteiger partial charge in [0, 0.05) is 19.4 Å². The number of fused-ring (bicyclic) bond motifs is 1. The molecule has 1 aliphatic heterocycles. The molecule has 4 heterocycles. The van der Waals surface area contributed by atoms with Crippen LogP contribution in [0.15, 0.2) is 24.7 Å². The predicted molar refractivity (Wildman–Crippen MR) is 112 cm³/mol. The van der Waals surface area contributed by atoms with Gasteiger partial charge in [-0.15, -0.1) is 0 Å². The van der Waals surface area contributed by atoms with Crippen LogP contribution in [0, 0.1) is 5.82 Å². The van der Waals surface area contributed by atoms with Crippen molar-refractivity contribution in [2.45, 2.75) is 25.3 Å². The number of aromatic nitrogens is 4. The standard InChI is InChI=1S/C20H19FN8O3/c1-27-16(31)9-29(20(27)32)15-4-12(11-2-3-11)7-28-8-13(25-18(15)28)5-22-17-14(21)6-23-19(26-17)24-10-30/h4,6-8,10-11H,2-3,5,9H2,1H3,(H2,22,23,24,26,30). The molecule has 0 aromatic carbocycles. The van der Waals surface area contributed by atoms with Crippen LogP contribution in [-0.4, -0.2) is 56.2 Å². The first-order valence-corrected chi connectivity index (χ1v) is 10.0. The second-order valence-corrected chi connectivity index (χ2v) is 7.72. The van der Waals surface area contributed by atoms with E-state index in [0.717, 1.165) is 29.5 Å². The Morgan fingerprint density at radius 2 is 2.06 bits per heavy atom. The van der Waals surface area contributed by atoms with Crippen LogP contribution in [0.2, 0.25) is 0 Å². The number of halogens is 1. The third-order valence-corrected chi connectivity index (χ3v) is 5.50. The third kappa shape index (κ3) is 3.49. The fourth-order valence-electron chi connectivity index (χ4n) is 3.65. The summed E-state index contributed by atoms with van der Waals surface area (Å²) in [5.41, 5.74) is 2.74. The number of carbonyl (C=O) groups is 3. The van der Waals surface area contributed by atoms with E-state index in [1.54, 1.807) is 6.20 Å². The number of nitrogens with one attached hydrogen (secondary N) is 2. The highest BCUT2D eigenvalue weighted by Crippen LogP contribution is 2.42. The number of rotatable bonds is 7. The average Bonchev–Trinajstić information content (AvgIpc) is 3.50. The molecule has 1 saturated carbocycles. The molecule has 32 heavy (non-hydrogen) atoms. The van der Waals surface area contributed by atoms with Crippen LogP contribution in [0.4, 0.5) is 26.6 Å². The number of imide groups is 1. The normalized spacial score (nSPS) is 16.2. The number of anilines is 3. The summed E-state index contributed by atoms with van der Waals surface area (Å²) in [6, 6.07) is 1.52. The van der Waals surface area contributed by atoms with Gasteiger partial charge in [-0.2, -0.15) is 4.98 Å². The van der Waals surface area contributed by atoms with Crippen LogP contribution in [0.1, 0.15) is 30.0 Å². The lowest BCUT2D eigenvalue weighted by Gasteiger charge is -2.17. The van der Waals surface area contributed by atoms with Crippen LogP contribution < -0.4 is 15.5 Å². The summed E-state index contributed by atoms with van der Waals surface area (Å²) in [6.07, 6.45) is 7.26. The first kappa shape index (κ1) is 19.8. The highest BCUT2D eigenvalue weighted by molar-refractivity contribution is 6.13. The van der Waals surface area contributed by atoms with E-state index < -0.39 is 11.8 Å². The summed E-state index contributed by atoms with van der Waals surface area (Å²) in [7, 11) is 1.46. The van der Waals surface area contributed by atoms with Crippen molar-refractivity contribution >= 4 is 41.4 Å². The molecular formula is C20H19FN8O3. The zero-order valence-corrected chi connectivity index (χ0v) is 17.1. The maximum absolute atomic E-state index is 14.0. The number of pyridine rings is 1. The van der Waals surface area contributed by atoms with Gasteiger partial charge in [-0.05, 0) is 30.4 Å². The molecule has 1 aliphatic carbocycles. The lowest BCUT2D eigenvalue weighted by Crippen LogP contribution is -2.30. The number of imidazole rings is 1. The van der Waals surface area contributed by atoms with E-state index in [1.807, 2.05) is 16.7 Å². The van der Waals surface area contributed by atoms with Gasteiger partial charge in [0.05, 0.1) is 24.1 Å². The second-order valence-electron chi connectivity index (χ2n) is 7.72. The number of likely N-dealkylation sites (N-methyl/N-ethyl adjacent to an activating group) is 1. The van der Waals surface area contributed by atoms with E-state index in [9.17, 15) is 18.8 Å². The van der Waals surface area contributed by atoms with Crippen molar-refractivity contribution in [3.8, 4) is 0 Å². The molecule has 164 valence electrons. The topological polar surface area (TPSA) is 125 Å². The summed E-state index contributed by atoms with van der Waals surface area (Å²) in [5, 5.41) is 5.12. The smallest absolute Gasteiger partial charge is 0.331 e. The third-order valence-electron chi connectivity index (χ3n) is 5.50. The first-order valence-electron chi connectivity index (χ1n) is 10.0. The fourth-order valence-corrected chi connectivity index (χ4v) is 3.65. The lowest BCUT2D eigenvalue weighted by atomic mass is 10.1. The molecule has 12 heteroatoms. The van der Waals surface area contributed by atoms with Gasteiger partial charge in [0.1, 0.15) is 6.54 Å². The lowest BCUT2D eigenvalue weighted by molar-refractivity contribution is -0.123. The average molecular weight is 438 g/mol. The minimum absolute atomic E-state index is 0.0309. The SMILES string of the molecule is CN1C(=O)CN(c2cc(C3CC3)cn3cc(CNc4nc(NC=O)ncc4F)nc23)C1=O. The van der Waals surface area contributed by atoms with Crippen molar-refractivity contribution in [3.63, 3.8) is 0 Å². The van der Waals surface area contributed by atoms with Crippen LogP contribution >= 0.6 is 0 Å². The quantitative estimate of drug-likeness (QED) is 0.425. The van der Waals surface area contributed by atoms with Gasteiger partial charge in [-0.1, -0.05) is 0 Å². The zero-order chi connectivity index (χ0) is 22.4. The maximum Gasteiger partial charge on any atom is 0.331 e. The first-order chi connectivity index (χ1) is 15.4. The predicted octanol–water partition coefficient (Wildman–Crippen LogP) is 1.72. The Kier molecular flexibility index (Phi) is 4.68. The molecule has 1 saturated heterocycles. The van der Waals surface area contributed by atoms with Crippen molar-refractivity contribution in [1.29, 1.82) is 0 Å². The fraction of sp³-hybridized carbons (Fsp3) is 0.300. The van der Waals surface area contributed by atoms with Crippen molar-refractivity contribution in [1.82, 2.24) is 24.3 Å². The molecule has 5 rings (SSSR count). The van der Waals surface area contributed by atoms with E-state index in [1.165, 1.54) is 11.9 Å². The van der Waals surface area contributed by atoms with E-state index in [-0.39, 0.29) is 30.8 Å². The molecule has 2 N–H and O–H groups in total. The summed E-state index contributed by atoms with van der Waals surface area (Å²) in [6.45, 7) is 0.0966. The summed E-state index contributed by atoms with van der Waals surface area (Å²) in [4.78, 5) is 49.9. The number of hydrogen-bond donors (Lipinski definition) is 2. The molecule has 0 radical (unpaired) electrons. The van der Waals surface area contributed by atoms with Gasteiger partial charge in [0.2, 0.25) is 18.3 Å². The highest BCUT2D eigenvalue weighted by Gasteiger charge is 2.36. The number of amides is 4. The Bertz CT molecular complexity index is 1260. The molecule has 0 atom stereocenters. The Labute approximate surface area is 181 Å². The van der Waals surface area contributed by atoms with E-state index in [4.69, 9.17) is 0 Å². The molecule has 4 amide bonds. The summed E-state index contributed by atoms with van der Waals surface area (Å²) >= 11 is 0. The molecular weight excluding hydrogens is 419 g/mol. The molecule has 0 bridgehead atoms. The number of nitrogens with zero attached hydrogens (tertiary/aromatic N) is 6. The van der Waals surface area contributed by atoms with Crippen LogP contribution in [-0.2, 0) is 16.1 Å². The van der Waals surface area contributed by atoms with Crippen LogP contribution in [0.5, 0.6) is 0 Å². The molecule has 3 aromatic heterocycles. The highest BCUT2D eigenvalue weighted by atomic mass is 19.1. The Hall–Kier alpha value is -4.09. The van der Waals surface area contributed by atoms with Gasteiger partial charge in [0.15, 0.2) is 17.3 Å². The minimum atomic E-state index is -0.675. The van der Waals surface area contributed by atoms with E-state index in [0.29, 0.717) is 29.4 Å². The molecule has 0 spiro atoms. The largest absolute Gasteiger partial charge is 0.362 e. The summed E-state index contributed by atoms with van der Waals surface area (Å²) < 4.78 is 15.9. The van der Waals surface area contributed by atoms with Gasteiger partial charge in [-0.3, -0.25) is 24.7 Å². The zero-order valence-electron chi connectivity index (χ0n) is 17.1. The Morgan fingerprint density at radius 1 is 1.25 bits per heavy atom. The van der Waals surface area contributed by atoms with Crippen LogP contribution in [0.3, 0.4) is 0 Å². The van der Waals surface area contributed by atoms with Gasteiger partial charge in [0.25, 0.3) is 0 Å². The molecule has 11 nitrogen and oxygen atoms in total. The Balaban J connectivity index is 1.47. The molecule has 3 aromatic rings. The van der Waals surface area contributed by atoms with Crippen LogP contribution in [0.25, 0.3) is 5.65 Å². The molecule has 2 aliphatic rings. The summed E-state index contributed by atoms with van der Waals surface area (Å²) in [5.74, 6) is -0.644. The molecule has 2 fully saturated rings. The molecule has 0 unspecified atom stereocenters. The minimum Gasteiger partial charge on any atom is -0.362 e. The maximum atomic E-state index is 14.0.